The van der Waals surface area contributed by atoms with Crippen molar-refractivity contribution in [3.63, 3.8) is 0 Å². The van der Waals surface area contributed by atoms with Crippen molar-refractivity contribution in [3.8, 4) is 16.9 Å². The van der Waals surface area contributed by atoms with E-state index >= 15 is 0 Å². The second-order valence-corrected chi connectivity index (χ2v) is 8.51. The summed E-state index contributed by atoms with van der Waals surface area (Å²) in [4.78, 5) is 37.8. The number of carbonyl (C=O) groups is 2. The highest BCUT2D eigenvalue weighted by Gasteiger charge is 2.18. The van der Waals surface area contributed by atoms with Crippen LogP contribution < -0.4 is 5.32 Å². The molecule has 0 saturated heterocycles. The van der Waals surface area contributed by atoms with Crippen LogP contribution in [0, 0.1) is 10.1 Å². The second-order valence-electron chi connectivity index (χ2n) is 8.51. The molecule has 0 spiro atoms. The Balaban J connectivity index is 1.51. The number of benzene rings is 3. The lowest BCUT2D eigenvalue weighted by molar-refractivity contribution is -0.384. The van der Waals surface area contributed by atoms with Gasteiger partial charge in [-0.25, -0.2) is 4.68 Å². The first-order valence-electron chi connectivity index (χ1n) is 12.2. The van der Waals surface area contributed by atoms with Crippen LogP contribution in [0.15, 0.2) is 97.1 Å². The number of nitro groups is 1. The molecule has 0 atom stereocenters. The van der Waals surface area contributed by atoms with Gasteiger partial charge in [0.1, 0.15) is 12.4 Å². The van der Waals surface area contributed by atoms with Crippen LogP contribution in [-0.4, -0.2) is 58.2 Å². The van der Waals surface area contributed by atoms with Gasteiger partial charge in [0, 0.05) is 43.5 Å². The van der Waals surface area contributed by atoms with E-state index in [4.69, 9.17) is 9.84 Å². The molecule has 0 aliphatic rings. The Labute approximate surface area is 225 Å². The molecule has 10 heteroatoms. The molecule has 10 nitrogen and oxygen atoms in total. The van der Waals surface area contributed by atoms with Crippen LogP contribution in [0.1, 0.15) is 5.56 Å². The SMILES string of the molecule is COCCN(CC(=O)Nc1cc(-c2ccccc2)nn1-c1ccccc1)C(=O)/C=C/c1ccc([N+](=O)[O-])cc1. The molecule has 0 aliphatic carbocycles. The van der Waals surface area contributed by atoms with E-state index in [0.29, 0.717) is 17.1 Å². The van der Waals surface area contributed by atoms with Crippen LogP contribution >= 0.6 is 0 Å². The van der Waals surface area contributed by atoms with Crippen molar-refractivity contribution in [1.29, 1.82) is 0 Å². The summed E-state index contributed by atoms with van der Waals surface area (Å²) in [6, 6.07) is 26.6. The van der Waals surface area contributed by atoms with Crippen LogP contribution in [-0.2, 0) is 14.3 Å². The van der Waals surface area contributed by atoms with E-state index in [-0.39, 0.29) is 25.4 Å². The highest BCUT2D eigenvalue weighted by molar-refractivity contribution is 5.98. The summed E-state index contributed by atoms with van der Waals surface area (Å²) in [7, 11) is 1.51. The fourth-order valence-electron chi connectivity index (χ4n) is 3.79. The molecule has 2 amide bonds. The molecule has 1 aromatic heterocycles. The molecular weight excluding hydrogens is 498 g/mol. The van der Waals surface area contributed by atoms with Gasteiger partial charge in [0.2, 0.25) is 11.8 Å². The van der Waals surface area contributed by atoms with Crippen LogP contribution in [0.5, 0.6) is 0 Å². The van der Waals surface area contributed by atoms with E-state index in [1.165, 1.54) is 30.2 Å². The zero-order valence-corrected chi connectivity index (χ0v) is 21.3. The van der Waals surface area contributed by atoms with Crippen molar-refractivity contribution in [2.75, 3.05) is 32.1 Å². The van der Waals surface area contributed by atoms with Crippen molar-refractivity contribution < 1.29 is 19.2 Å². The van der Waals surface area contributed by atoms with Gasteiger partial charge < -0.3 is 15.0 Å². The summed E-state index contributed by atoms with van der Waals surface area (Å²) in [6.45, 7) is 0.221. The minimum Gasteiger partial charge on any atom is -0.383 e. The number of hydrogen-bond donors (Lipinski definition) is 1. The molecule has 0 saturated carbocycles. The lowest BCUT2D eigenvalue weighted by Crippen LogP contribution is -2.39. The zero-order valence-electron chi connectivity index (χ0n) is 21.3. The number of rotatable bonds is 11. The van der Waals surface area contributed by atoms with Gasteiger partial charge >= 0.3 is 0 Å². The standard InChI is InChI=1S/C29H27N5O5/c1-39-19-18-32(29(36)17-14-22-12-15-25(16-13-22)34(37)38)21-28(35)30-27-20-26(23-8-4-2-5-9-23)31-33(27)24-10-6-3-7-11-24/h2-17,20H,18-19,21H2,1H3,(H,30,35)/b17-14+. The largest absolute Gasteiger partial charge is 0.383 e. The first-order valence-corrected chi connectivity index (χ1v) is 12.2. The van der Waals surface area contributed by atoms with E-state index in [9.17, 15) is 19.7 Å². The number of nitrogens with zero attached hydrogens (tertiary/aromatic N) is 4. The highest BCUT2D eigenvalue weighted by Crippen LogP contribution is 2.24. The highest BCUT2D eigenvalue weighted by atomic mass is 16.6. The fraction of sp³-hybridized carbons (Fsp3) is 0.138. The number of aromatic nitrogens is 2. The Morgan fingerprint density at radius 1 is 1.03 bits per heavy atom. The van der Waals surface area contributed by atoms with E-state index in [2.05, 4.69) is 5.32 Å². The maximum absolute atomic E-state index is 13.1. The van der Waals surface area contributed by atoms with Crippen molar-refractivity contribution in [2.45, 2.75) is 0 Å². The summed E-state index contributed by atoms with van der Waals surface area (Å²) < 4.78 is 6.77. The number of para-hydroxylation sites is 1. The third-order valence-electron chi connectivity index (χ3n) is 5.78. The van der Waals surface area contributed by atoms with Gasteiger partial charge in [-0.05, 0) is 35.9 Å². The normalized spacial score (nSPS) is 10.9. The van der Waals surface area contributed by atoms with Crippen LogP contribution in [0.4, 0.5) is 11.5 Å². The molecule has 1 N–H and O–H groups in total. The van der Waals surface area contributed by atoms with Gasteiger partial charge in [-0.15, -0.1) is 0 Å². The van der Waals surface area contributed by atoms with Crippen molar-refractivity contribution in [2.24, 2.45) is 0 Å². The Kier molecular flexibility index (Phi) is 8.94. The lowest BCUT2D eigenvalue weighted by atomic mass is 10.1. The Bertz CT molecular complexity index is 1450. The molecule has 0 radical (unpaired) electrons. The number of amides is 2. The number of methoxy groups -OCH3 is 1. The molecule has 198 valence electrons. The van der Waals surface area contributed by atoms with Gasteiger partial charge in [-0.3, -0.25) is 19.7 Å². The van der Waals surface area contributed by atoms with Crippen LogP contribution in [0.25, 0.3) is 23.0 Å². The summed E-state index contributed by atoms with van der Waals surface area (Å²) in [5, 5.41) is 18.4. The molecule has 4 aromatic rings. The van der Waals surface area contributed by atoms with Gasteiger partial charge in [0.25, 0.3) is 5.69 Å². The number of nitro benzene ring substituents is 1. The summed E-state index contributed by atoms with van der Waals surface area (Å²) in [5.74, 6) is -0.340. The molecule has 0 unspecified atom stereocenters. The first-order chi connectivity index (χ1) is 18.9. The molecule has 4 rings (SSSR count). The minimum atomic E-state index is -0.490. The van der Waals surface area contributed by atoms with E-state index in [1.807, 2.05) is 60.7 Å². The smallest absolute Gasteiger partial charge is 0.269 e. The summed E-state index contributed by atoms with van der Waals surface area (Å²) >= 11 is 0. The predicted octanol–water partition coefficient (Wildman–Crippen LogP) is 4.57. The quantitative estimate of drug-likeness (QED) is 0.174. The topological polar surface area (TPSA) is 120 Å². The zero-order chi connectivity index (χ0) is 27.6. The third-order valence-corrected chi connectivity index (χ3v) is 5.78. The maximum atomic E-state index is 13.1. The molecule has 39 heavy (non-hydrogen) atoms. The molecule has 1 heterocycles. The van der Waals surface area contributed by atoms with E-state index in [0.717, 1.165) is 11.3 Å². The van der Waals surface area contributed by atoms with Crippen LogP contribution in [0.3, 0.4) is 0 Å². The van der Waals surface area contributed by atoms with Gasteiger partial charge in [-0.2, -0.15) is 5.10 Å². The van der Waals surface area contributed by atoms with Crippen LogP contribution in [0.2, 0.25) is 0 Å². The van der Waals surface area contributed by atoms with Crippen molar-refractivity contribution >= 4 is 29.4 Å². The molecule has 0 aliphatic heterocycles. The van der Waals surface area contributed by atoms with E-state index in [1.54, 1.807) is 29.0 Å². The molecule has 3 aromatic carbocycles. The third kappa shape index (κ3) is 7.24. The number of nitrogens with one attached hydrogen (secondary N) is 1. The van der Waals surface area contributed by atoms with Gasteiger partial charge in [0.05, 0.1) is 22.9 Å². The monoisotopic (exact) mass is 525 g/mol. The Hall–Kier alpha value is -5.09. The average molecular weight is 526 g/mol. The number of anilines is 1. The molecular formula is C29H27N5O5. The summed E-state index contributed by atoms with van der Waals surface area (Å²) in [6.07, 6.45) is 2.87. The summed E-state index contributed by atoms with van der Waals surface area (Å²) in [5.41, 5.74) is 2.93. The Morgan fingerprint density at radius 2 is 1.69 bits per heavy atom. The second kappa shape index (κ2) is 12.9. The number of hydrogen-bond acceptors (Lipinski definition) is 6. The van der Waals surface area contributed by atoms with Crippen molar-refractivity contribution in [1.82, 2.24) is 14.7 Å². The van der Waals surface area contributed by atoms with Crippen molar-refractivity contribution in [3.05, 3.63) is 113 Å². The van der Waals surface area contributed by atoms with Gasteiger partial charge in [-0.1, -0.05) is 48.5 Å². The molecule has 0 fully saturated rings. The molecule has 0 bridgehead atoms. The van der Waals surface area contributed by atoms with Gasteiger partial charge in [0.15, 0.2) is 0 Å². The number of carbonyl (C=O) groups excluding carboxylic acids is 2. The predicted molar refractivity (Wildman–Crippen MR) is 148 cm³/mol. The average Bonchev–Trinajstić information content (AvgIpc) is 3.38. The first kappa shape index (κ1) is 27.0. The lowest BCUT2D eigenvalue weighted by Gasteiger charge is -2.20. The Morgan fingerprint density at radius 3 is 2.33 bits per heavy atom. The number of ether oxygens (including phenoxy) is 1. The minimum absolute atomic E-state index is 0.0398. The number of non-ortho nitro benzene ring substituents is 1. The fourth-order valence-corrected chi connectivity index (χ4v) is 3.79. The maximum Gasteiger partial charge on any atom is 0.269 e. The van der Waals surface area contributed by atoms with E-state index < -0.39 is 16.7 Å².